The molecule has 0 aromatic heterocycles. The molecule has 0 saturated carbocycles. The Morgan fingerprint density at radius 1 is 1.28 bits per heavy atom. The van der Waals surface area contributed by atoms with E-state index < -0.39 is 0 Å². The first-order chi connectivity index (χ1) is 8.39. The molecule has 0 bridgehead atoms. The van der Waals surface area contributed by atoms with Crippen LogP contribution in [-0.2, 0) is 15.6 Å². The molecule has 100 valence electrons. The van der Waals surface area contributed by atoms with Crippen molar-refractivity contribution >= 4 is 0 Å². The Labute approximate surface area is 111 Å². The van der Waals surface area contributed by atoms with Crippen molar-refractivity contribution in [3.63, 3.8) is 0 Å². The van der Waals surface area contributed by atoms with Gasteiger partial charge in [-0.15, -0.1) is 0 Å². The minimum atomic E-state index is 0.181. The zero-order chi connectivity index (χ0) is 13.4. The van der Waals surface area contributed by atoms with Crippen molar-refractivity contribution in [3.8, 4) is 0 Å². The Kier molecular flexibility index (Phi) is 3.52. The maximum absolute atomic E-state index is 5.49. The van der Waals surface area contributed by atoms with Crippen LogP contribution in [0.25, 0.3) is 0 Å². The zero-order valence-electron chi connectivity index (χ0n) is 12.3. The Hall–Kier alpha value is -0.860. The summed E-state index contributed by atoms with van der Waals surface area (Å²) in [5.74, 6) is 0. The molecule has 1 saturated heterocycles. The van der Waals surface area contributed by atoms with E-state index in [1.165, 1.54) is 16.7 Å². The van der Waals surface area contributed by atoms with Crippen LogP contribution in [0.3, 0.4) is 0 Å². The van der Waals surface area contributed by atoms with Crippen LogP contribution in [0.2, 0.25) is 0 Å². The van der Waals surface area contributed by atoms with E-state index >= 15 is 0 Å². The largest absolute Gasteiger partial charge is 0.379 e. The van der Waals surface area contributed by atoms with Gasteiger partial charge in [0.05, 0.1) is 18.6 Å². The molecule has 2 nitrogen and oxygen atoms in total. The van der Waals surface area contributed by atoms with E-state index in [0.717, 1.165) is 19.8 Å². The van der Waals surface area contributed by atoms with E-state index in [4.69, 9.17) is 4.74 Å². The second-order valence-corrected chi connectivity index (χ2v) is 6.58. The molecule has 2 heteroatoms. The molecule has 0 unspecified atom stereocenters. The third-order valence-electron chi connectivity index (χ3n) is 3.95. The summed E-state index contributed by atoms with van der Waals surface area (Å²) < 4.78 is 5.49. The standard InChI is InChI=1S/C16H25NO/c1-12-6-7-13(15(2,3)4)8-14(12)16(9-17-5)10-18-11-16/h6-8,17H,9-11H2,1-5H3. The van der Waals surface area contributed by atoms with Crippen LogP contribution >= 0.6 is 0 Å². The molecule has 0 amide bonds. The van der Waals surface area contributed by atoms with Crippen LogP contribution in [0.4, 0.5) is 0 Å². The minimum absolute atomic E-state index is 0.181. The summed E-state index contributed by atoms with van der Waals surface area (Å²) >= 11 is 0. The molecule has 1 aromatic carbocycles. The van der Waals surface area contributed by atoms with Gasteiger partial charge < -0.3 is 10.1 Å². The SMILES string of the molecule is CNCC1(c2cc(C(C)(C)C)ccc2C)COC1. The fraction of sp³-hybridized carbons (Fsp3) is 0.625. The second kappa shape index (κ2) is 4.67. The molecule has 0 radical (unpaired) electrons. The highest BCUT2D eigenvalue weighted by molar-refractivity contribution is 5.41. The fourth-order valence-electron chi connectivity index (χ4n) is 2.70. The van der Waals surface area contributed by atoms with Gasteiger partial charge in [0.15, 0.2) is 0 Å². The van der Waals surface area contributed by atoms with Crippen LogP contribution < -0.4 is 5.32 Å². The Morgan fingerprint density at radius 2 is 1.94 bits per heavy atom. The lowest BCUT2D eigenvalue weighted by molar-refractivity contribution is -0.0586. The van der Waals surface area contributed by atoms with Crippen molar-refractivity contribution in [2.45, 2.75) is 38.5 Å². The molecule has 0 aliphatic carbocycles. The molecule has 0 atom stereocenters. The maximum atomic E-state index is 5.49. The van der Waals surface area contributed by atoms with Crippen molar-refractivity contribution < 1.29 is 4.74 Å². The van der Waals surface area contributed by atoms with Gasteiger partial charge in [0.2, 0.25) is 0 Å². The summed E-state index contributed by atoms with van der Waals surface area (Å²) in [4.78, 5) is 0. The number of rotatable bonds is 3. The molecule has 1 N–H and O–H groups in total. The average molecular weight is 247 g/mol. The van der Waals surface area contributed by atoms with E-state index in [0.29, 0.717) is 0 Å². The van der Waals surface area contributed by atoms with E-state index in [1.807, 2.05) is 7.05 Å². The summed E-state index contributed by atoms with van der Waals surface area (Å²) in [7, 11) is 2.02. The van der Waals surface area contributed by atoms with Gasteiger partial charge in [0.1, 0.15) is 0 Å². The Morgan fingerprint density at radius 3 is 2.39 bits per heavy atom. The smallest absolute Gasteiger partial charge is 0.0598 e. The van der Waals surface area contributed by atoms with Crippen LogP contribution in [0.15, 0.2) is 18.2 Å². The molecule has 18 heavy (non-hydrogen) atoms. The molecule has 1 aromatic rings. The predicted octanol–water partition coefficient (Wildman–Crippen LogP) is 2.78. The Balaban J connectivity index is 2.43. The molecule has 1 heterocycles. The topological polar surface area (TPSA) is 21.3 Å². The predicted molar refractivity (Wildman–Crippen MR) is 76.3 cm³/mol. The fourth-order valence-corrected chi connectivity index (χ4v) is 2.70. The summed E-state index contributed by atoms with van der Waals surface area (Å²) in [5, 5.41) is 3.31. The lowest BCUT2D eigenvalue weighted by Gasteiger charge is -2.43. The van der Waals surface area contributed by atoms with E-state index in [2.05, 4.69) is 51.2 Å². The number of likely N-dealkylation sites (N-methyl/N-ethyl adjacent to an activating group) is 1. The number of hydrogen-bond acceptors (Lipinski definition) is 2. The first kappa shape index (κ1) is 13.6. The van der Waals surface area contributed by atoms with E-state index in [-0.39, 0.29) is 10.8 Å². The Bertz CT molecular complexity index is 427. The van der Waals surface area contributed by atoms with Crippen LogP contribution in [-0.4, -0.2) is 26.8 Å². The first-order valence-corrected chi connectivity index (χ1v) is 6.73. The number of nitrogens with one attached hydrogen (secondary N) is 1. The van der Waals surface area contributed by atoms with E-state index in [9.17, 15) is 0 Å². The quantitative estimate of drug-likeness (QED) is 0.887. The van der Waals surface area contributed by atoms with Crippen molar-refractivity contribution in [1.82, 2.24) is 5.32 Å². The average Bonchev–Trinajstić information content (AvgIpc) is 2.23. The van der Waals surface area contributed by atoms with Gasteiger partial charge in [-0.1, -0.05) is 39.0 Å². The van der Waals surface area contributed by atoms with Gasteiger partial charge in [0.25, 0.3) is 0 Å². The third kappa shape index (κ3) is 2.32. The highest BCUT2D eigenvalue weighted by Gasteiger charge is 2.41. The first-order valence-electron chi connectivity index (χ1n) is 6.73. The van der Waals surface area contributed by atoms with Crippen molar-refractivity contribution in [3.05, 3.63) is 34.9 Å². The van der Waals surface area contributed by atoms with Crippen LogP contribution in [0.1, 0.15) is 37.5 Å². The number of hydrogen-bond donors (Lipinski definition) is 1. The van der Waals surface area contributed by atoms with E-state index in [1.54, 1.807) is 0 Å². The van der Waals surface area contributed by atoms with Crippen LogP contribution in [0.5, 0.6) is 0 Å². The lowest BCUT2D eigenvalue weighted by Crippen LogP contribution is -2.53. The number of benzene rings is 1. The third-order valence-corrected chi connectivity index (χ3v) is 3.95. The summed E-state index contributed by atoms with van der Waals surface area (Å²) in [6, 6.07) is 6.90. The molecule has 1 fully saturated rings. The van der Waals surface area contributed by atoms with Gasteiger partial charge in [-0.2, -0.15) is 0 Å². The highest BCUT2D eigenvalue weighted by atomic mass is 16.5. The normalized spacial score (nSPS) is 18.5. The van der Waals surface area contributed by atoms with Gasteiger partial charge in [-0.05, 0) is 36.1 Å². The van der Waals surface area contributed by atoms with Crippen molar-refractivity contribution in [1.29, 1.82) is 0 Å². The number of aryl methyl sites for hydroxylation is 1. The van der Waals surface area contributed by atoms with Crippen LogP contribution in [0, 0.1) is 6.92 Å². The van der Waals surface area contributed by atoms with Gasteiger partial charge >= 0.3 is 0 Å². The van der Waals surface area contributed by atoms with Crippen molar-refractivity contribution in [2.24, 2.45) is 0 Å². The molecule has 0 spiro atoms. The zero-order valence-corrected chi connectivity index (χ0v) is 12.3. The van der Waals surface area contributed by atoms with Gasteiger partial charge in [-0.25, -0.2) is 0 Å². The monoisotopic (exact) mass is 247 g/mol. The summed E-state index contributed by atoms with van der Waals surface area (Å²) in [6.45, 7) is 11.7. The molecular weight excluding hydrogens is 222 g/mol. The molecular formula is C16H25NO. The molecule has 1 aliphatic rings. The molecule has 2 rings (SSSR count). The second-order valence-electron chi connectivity index (χ2n) is 6.58. The lowest BCUT2D eigenvalue weighted by atomic mass is 9.74. The molecule has 1 aliphatic heterocycles. The summed E-state index contributed by atoms with van der Waals surface area (Å²) in [5.41, 5.74) is 4.62. The van der Waals surface area contributed by atoms with Crippen molar-refractivity contribution in [2.75, 3.05) is 26.8 Å². The number of ether oxygens (including phenoxy) is 1. The van der Waals surface area contributed by atoms with Gasteiger partial charge in [0, 0.05) is 6.54 Å². The van der Waals surface area contributed by atoms with Gasteiger partial charge in [-0.3, -0.25) is 0 Å². The minimum Gasteiger partial charge on any atom is -0.379 e. The summed E-state index contributed by atoms with van der Waals surface area (Å²) in [6.07, 6.45) is 0. The maximum Gasteiger partial charge on any atom is 0.0598 e. The highest BCUT2D eigenvalue weighted by Crippen LogP contribution is 2.36.